The van der Waals surface area contributed by atoms with Crippen LogP contribution in [0.15, 0.2) is 46.7 Å². The fraction of sp³-hybridized carbons (Fsp3) is 0. The van der Waals surface area contributed by atoms with Crippen molar-refractivity contribution in [1.82, 2.24) is 9.97 Å². The third-order valence-electron chi connectivity index (χ3n) is 2.18. The van der Waals surface area contributed by atoms with Gasteiger partial charge in [-0.2, -0.15) is 0 Å². The second kappa shape index (κ2) is 5.44. The molecule has 0 spiro atoms. The minimum Gasteiger partial charge on any atom is -0.477 e. The molecular weight excluding hydrogens is 270 g/mol. The van der Waals surface area contributed by atoms with Crippen LogP contribution < -0.4 is 0 Å². The van der Waals surface area contributed by atoms with Crippen molar-refractivity contribution in [3.63, 3.8) is 0 Å². The lowest BCUT2D eigenvalue weighted by Gasteiger charge is -2.04. The number of nitrogens with zero attached hydrogens (tertiary/aromatic N) is 3. The Kier molecular flexibility index (Phi) is 3.71. The van der Waals surface area contributed by atoms with Gasteiger partial charge in [-0.25, -0.2) is 14.8 Å². The predicted molar refractivity (Wildman–Crippen MR) is 66.2 cm³/mol. The fourth-order valence-corrected chi connectivity index (χ4v) is 2.30. The first kappa shape index (κ1) is 13.0. The van der Waals surface area contributed by atoms with E-state index in [1.807, 2.05) is 0 Å². The molecule has 2 aromatic rings. The molecule has 0 fully saturated rings. The molecule has 0 radical (unpaired) electrons. The zero-order chi connectivity index (χ0) is 13.8. The summed E-state index contributed by atoms with van der Waals surface area (Å²) in [5.74, 6) is -1.34. The highest BCUT2D eigenvalue weighted by Crippen LogP contribution is 2.35. The van der Waals surface area contributed by atoms with Gasteiger partial charge in [-0.1, -0.05) is 17.8 Å². The summed E-state index contributed by atoms with van der Waals surface area (Å²) in [6.07, 6.45) is 2.82. The number of carboxylic acid groups (broad SMARTS) is 1. The Balaban J connectivity index is 2.48. The van der Waals surface area contributed by atoms with Crippen molar-refractivity contribution in [3.8, 4) is 0 Å². The van der Waals surface area contributed by atoms with E-state index in [0.717, 1.165) is 11.8 Å². The van der Waals surface area contributed by atoms with Crippen molar-refractivity contribution in [2.45, 2.75) is 9.92 Å². The average molecular weight is 277 g/mol. The molecule has 0 saturated heterocycles. The van der Waals surface area contributed by atoms with Gasteiger partial charge < -0.3 is 5.11 Å². The average Bonchev–Trinajstić information content (AvgIpc) is 2.39. The molecule has 1 heterocycles. The monoisotopic (exact) mass is 277 g/mol. The van der Waals surface area contributed by atoms with E-state index in [2.05, 4.69) is 9.97 Å². The summed E-state index contributed by atoms with van der Waals surface area (Å²) in [6.45, 7) is 0. The molecule has 1 N–H and O–H groups in total. The molecule has 1 aromatic heterocycles. The summed E-state index contributed by atoms with van der Waals surface area (Å²) in [7, 11) is 0. The summed E-state index contributed by atoms with van der Waals surface area (Å²) < 4.78 is 0. The van der Waals surface area contributed by atoms with Gasteiger partial charge in [-0.05, 0) is 18.2 Å². The van der Waals surface area contributed by atoms with Crippen molar-refractivity contribution in [2.24, 2.45) is 0 Å². The van der Waals surface area contributed by atoms with Gasteiger partial charge in [-0.3, -0.25) is 10.1 Å². The molecule has 2 rings (SSSR count). The summed E-state index contributed by atoms with van der Waals surface area (Å²) >= 11 is 1.02. The van der Waals surface area contributed by atoms with E-state index in [-0.39, 0.29) is 10.5 Å². The Bertz CT molecular complexity index is 633. The van der Waals surface area contributed by atoms with Gasteiger partial charge >= 0.3 is 5.97 Å². The first-order valence-electron chi connectivity index (χ1n) is 5.04. The van der Waals surface area contributed by atoms with Crippen molar-refractivity contribution in [2.75, 3.05) is 0 Å². The van der Waals surface area contributed by atoms with E-state index in [1.165, 1.54) is 30.7 Å². The van der Waals surface area contributed by atoms with E-state index >= 15 is 0 Å². The highest BCUT2D eigenvalue weighted by atomic mass is 32.2. The molecule has 19 heavy (non-hydrogen) atoms. The Morgan fingerprint density at radius 2 is 2.16 bits per heavy atom. The number of benzene rings is 1. The van der Waals surface area contributed by atoms with Crippen LogP contribution in [0.1, 0.15) is 10.4 Å². The van der Waals surface area contributed by atoms with Gasteiger partial charge in [-0.15, -0.1) is 0 Å². The maximum absolute atomic E-state index is 11.0. The lowest BCUT2D eigenvalue weighted by Crippen LogP contribution is -2.03. The SMILES string of the molecule is O=C(O)c1cccc(Sc2ccncn2)c1[N+](=O)[O-]. The Morgan fingerprint density at radius 1 is 1.37 bits per heavy atom. The van der Waals surface area contributed by atoms with Crippen LogP contribution in [-0.4, -0.2) is 26.0 Å². The second-order valence-electron chi connectivity index (χ2n) is 3.36. The van der Waals surface area contributed by atoms with Crippen LogP contribution in [-0.2, 0) is 0 Å². The second-order valence-corrected chi connectivity index (χ2v) is 4.43. The minimum atomic E-state index is -1.34. The number of hydrogen-bond acceptors (Lipinski definition) is 6. The zero-order valence-electron chi connectivity index (χ0n) is 9.39. The van der Waals surface area contributed by atoms with Crippen LogP contribution in [0.5, 0.6) is 0 Å². The Hall–Kier alpha value is -2.48. The molecule has 7 nitrogen and oxygen atoms in total. The van der Waals surface area contributed by atoms with Crippen LogP contribution in [0.25, 0.3) is 0 Å². The number of nitro groups is 1. The van der Waals surface area contributed by atoms with E-state index in [0.29, 0.717) is 5.03 Å². The largest absolute Gasteiger partial charge is 0.477 e. The van der Waals surface area contributed by atoms with Gasteiger partial charge in [0, 0.05) is 6.20 Å². The fourth-order valence-electron chi connectivity index (χ4n) is 1.42. The van der Waals surface area contributed by atoms with Crippen LogP contribution in [0, 0.1) is 10.1 Å². The van der Waals surface area contributed by atoms with Crippen molar-refractivity contribution in [3.05, 3.63) is 52.5 Å². The number of aromatic nitrogens is 2. The van der Waals surface area contributed by atoms with E-state index < -0.39 is 16.6 Å². The number of carbonyl (C=O) groups is 1. The summed E-state index contributed by atoms with van der Waals surface area (Å²) in [6, 6.07) is 5.73. The lowest BCUT2D eigenvalue weighted by molar-refractivity contribution is -0.388. The van der Waals surface area contributed by atoms with Crippen LogP contribution in [0.2, 0.25) is 0 Å². The minimum absolute atomic E-state index is 0.226. The number of hydrogen-bond donors (Lipinski definition) is 1. The molecule has 1 aromatic carbocycles. The molecule has 0 aliphatic rings. The van der Waals surface area contributed by atoms with Gasteiger partial charge in [0.25, 0.3) is 5.69 Å². The number of rotatable bonds is 4. The van der Waals surface area contributed by atoms with Crippen molar-refractivity contribution < 1.29 is 14.8 Å². The van der Waals surface area contributed by atoms with Crippen molar-refractivity contribution >= 4 is 23.4 Å². The summed E-state index contributed by atoms with van der Waals surface area (Å²) in [4.78, 5) is 29.2. The van der Waals surface area contributed by atoms with Gasteiger partial charge in [0.1, 0.15) is 16.9 Å². The quantitative estimate of drug-likeness (QED) is 0.518. The van der Waals surface area contributed by atoms with Crippen LogP contribution >= 0.6 is 11.8 Å². The van der Waals surface area contributed by atoms with Gasteiger partial charge in [0.2, 0.25) is 0 Å². The summed E-state index contributed by atoms with van der Waals surface area (Å²) in [5.41, 5.74) is -0.775. The lowest BCUT2D eigenvalue weighted by atomic mass is 10.2. The first-order valence-corrected chi connectivity index (χ1v) is 5.86. The molecule has 0 bridgehead atoms. The number of para-hydroxylation sites is 1. The maximum Gasteiger partial charge on any atom is 0.342 e. The molecule has 0 saturated carbocycles. The maximum atomic E-state index is 11.0. The Labute approximate surface area is 111 Å². The standard InChI is InChI=1S/C11H7N3O4S/c15-11(16)7-2-1-3-8(10(7)14(17)18)19-9-4-5-12-6-13-9/h1-6H,(H,15,16). The molecule has 0 aliphatic carbocycles. The Morgan fingerprint density at radius 3 is 2.74 bits per heavy atom. The molecule has 8 heteroatoms. The van der Waals surface area contributed by atoms with E-state index in [4.69, 9.17) is 5.11 Å². The smallest absolute Gasteiger partial charge is 0.342 e. The predicted octanol–water partition coefficient (Wildman–Crippen LogP) is 2.23. The molecule has 0 amide bonds. The highest BCUT2D eigenvalue weighted by molar-refractivity contribution is 7.99. The van der Waals surface area contributed by atoms with Gasteiger partial charge in [0.05, 0.1) is 9.82 Å². The van der Waals surface area contributed by atoms with Crippen molar-refractivity contribution in [1.29, 1.82) is 0 Å². The molecule has 0 atom stereocenters. The zero-order valence-corrected chi connectivity index (χ0v) is 10.2. The molecule has 0 aliphatic heterocycles. The van der Waals surface area contributed by atoms with Gasteiger partial charge in [0.15, 0.2) is 0 Å². The topological polar surface area (TPSA) is 106 Å². The first-order chi connectivity index (χ1) is 9.09. The number of carboxylic acids is 1. The number of nitro benzene ring substituents is 1. The number of aromatic carboxylic acids is 1. The van der Waals surface area contributed by atoms with E-state index in [1.54, 1.807) is 6.07 Å². The van der Waals surface area contributed by atoms with Crippen LogP contribution in [0.3, 0.4) is 0 Å². The third kappa shape index (κ3) is 2.86. The molecule has 96 valence electrons. The van der Waals surface area contributed by atoms with Crippen LogP contribution in [0.4, 0.5) is 5.69 Å². The normalized spacial score (nSPS) is 10.1. The summed E-state index contributed by atoms with van der Waals surface area (Å²) in [5, 5.41) is 20.5. The highest BCUT2D eigenvalue weighted by Gasteiger charge is 2.24. The van der Waals surface area contributed by atoms with E-state index in [9.17, 15) is 14.9 Å². The third-order valence-corrected chi connectivity index (χ3v) is 3.18. The molecular formula is C11H7N3O4S. The molecule has 0 unspecified atom stereocenters.